The van der Waals surface area contributed by atoms with E-state index in [2.05, 4.69) is 17.4 Å². The first-order chi connectivity index (χ1) is 8.78. The molecule has 0 bridgehead atoms. The first-order valence-corrected chi connectivity index (χ1v) is 6.75. The highest BCUT2D eigenvalue weighted by atomic mass is 16.5. The van der Waals surface area contributed by atoms with E-state index >= 15 is 0 Å². The first kappa shape index (κ1) is 13.4. The van der Waals surface area contributed by atoms with Gasteiger partial charge in [0.15, 0.2) is 0 Å². The Balaban J connectivity index is 1.80. The van der Waals surface area contributed by atoms with E-state index in [0.717, 1.165) is 18.8 Å². The van der Waals surface area contributed by atoms with E-state index < -0.39 is 0 Å². The fourth-order valence-electron chi connectivity index (χ4n) is 2.37. The van der Waals surface area contributed by atoms with Gasteiger partial charge in [-0.3, -0.25) is 0 Å². The zero-order valence-corrected chi connectivity index (χ0v) is 11.4. The number of ether oxygens (including phenoxy) is 2. The van der Waals surface area contributed by atoms with Crippen LogP contribution >= 0.6 is 0 Å². The standard InChI is InChI=1S/C15H23NO2/c1-3-18-14-7-4-6-13(10-14)11-16-12-15(17-2)8-5-9-15/h4,6-7,10,16H,3,5,8-9,11-12H2,1-2H3. The third-order valence-corrected chi connectivity index (χ3v) is 3.68. The summed E-state index contributed by atoms with van der Waals surface area (Å²) < 4.78 is 11.1. The topological polar surface area (TPSA) is 30.5 Å². The van der Waals surface area contributed by atoms with E-state index in [0.29, 0.717) is 6.61 Å². The van der Waals surface area contributed by atoms with Gasteiger partial charge in [-0.15, -0.1) is 0 Å². The van der Waals surface area contributed by atoms with E-state index in [-0.39, 0.29) is 5.60 Å². The molecule has 1 aliphatic carbocycles. The predicted molar refractivity (Wildman–Crippen MR) is 72.9 cm³/mol. The van der Waals surface area contributed by atoms with Gasteiger partial charge in [0.25, 0.3) is 0 Å². The van der Waals surface area contributed by atoms with Crippen LogP contribution in [-0.4, -0.2) is 25.9 Å². The Kier molecular flexibility index (Phi) is 4.61. The predicted octanol–water partition coefficient (Wildman–Crippen LogP) is 2.74. The molecular weight excluding hydrogens is 226 g/mol. The number of rotatable bonds is 7. The molecule has 0 atom stereocenters. The number of methoxy groups -OCH3 is 1. The van der Waals surface area contributed by atoms with Gasteiger partial charge in [-0.1, -0.05) is 12.1 Å². The highest BCUT2D eigenvalue weighted by molar-refractivity contribution is 5.28. The van der Waals surface area contributed by atoms with Gasteiger partial charge in [-0.05, 0) is 43.9 Å². The third-order valence-electron chi connectivity index (χ3n) is 3.68. The molecule has 100 valence electrons. The Labute approximate surface area is 109 Å². The maximum absolute atomic E-state index is 5.59. The molecule has 0 aliphatic heterocycles. The van der Waals surface area contributed by atoms with Crippen LogP contribution in [0.15, 0.2) is 24.3 Å². The minimum absolute atomic E-state index is 0.0948. The largest absolute Gasteiger partial charge is 0.494 e. The van der Waals surface area contributed by atoms with Crippen molar-refractivity contribution in [1.82, 2.24) is 5.32 Å². The second kappa shape index (κ2) is 6.21. The SMILES string of the molecule is CCOc1cccc(CNCC2(OC)CCC2)c1. The Morgan fingerprint density at radius 2 is 2.17 bits per heavy atom. The lowest BCUT2D eigenvalue weighted by Gasteiger charge is -2.40. The summed E-state index contributed by atoms with van der Waals surface area (Å²) >= 11 is 0. The second-order valence-electron chi connectivity index (χ2n) is 4.92. The zero-order valence-electron chi connectivity index (χ0n) is 11.4. The van der Waals surface area contributed by atoms with Gasteiger partial charge in [0.1, 0.15) is 5.75 Å². The van der Waals surface area contributed by atoms with Gasteiger partial charge < -0.3 is 14.8 Å². The molecule has 1 saturated carbocycles. The van der Waals surface area contributed by atoms with Gasteiger partial charge in [-0.2, -0.15) is 0 Å². The highest BCUT2D eigenvalue weighted by Gasteiger charge is 2.36. The highest BCUT2D eigenvalue weighted by Crippen LogP contribution is 2.34. The maximum Gasteiger partial charge on any atom is 0.119 e. The van der Waals surface area contributed by atoms with Crippen LogP contribution in [-0.2, 0) is 11.3 Å². The Morgan fingerprint density at radius 1 is 1.33 bits per heavy atom. The molecule has 3 heteroatoms. The van der Waals surface area contributed by atoms with E-state index in [9.17, 15) is 0 Å². The van der Waals surface area contributed by atoms with Gasteiger partial charge in [-0.25, -0.2) is 0 Å². The van der Waals surface area contributed by atoms with Crippen molar-refractivity contribution in [1.29, 1.82) is 0 Å². The number of nitrogens with one attached hydrogen (secondary N) is 1. The smallest absolute Gasteiger partial charge is 0.119 e. The van der Waals surface area contributed by atoms with Crippen LogP contribution in [0, 0.1) is 0 Å². The minimum Gasteiger partial charge on any atom is -0.494 e. The Morgan fingerprint density at radius 3 is 2.78 bits per heavy atom. The molecule has 3 nitrogen and oxygen atoms in total. The van der Waals surface area contributed by atoms with E-state index in [1.807, 2.05) is 26.2 Å². The fourth-order valence-corrected chi connectivity index (χ4v) is 2.37. The molecule has 1 N–H and O–H groups in total. The summed E-state index contributed by atoms with van der Waals surface area (Å²) in [6, 6.07) is 8.25. The molecule has 2 rings (SSSR count). The molecule has 0 amide bonds. The molecule has 1 aromatic carbocycles. The molecule has 18 heavy (non-hydrogen) atoms. The Bertz CT molecular complexity index is 369. The summed E-state index contributed by atoms with van der Waals surface area (Å²) in [6.45, 7) is 4.52. The van der Waals surface area contributed by atoms with Crippen LogP contribution in [0.2, 0.25) is 0 Å². The van der Waals surface area contributed by atoms with Gasteiger partial charge in [0, 0.05) is 20.2 Å². The van der Waals surface area contributed by atoms with Gasteiger partial charge in [0.2, 0.25) is 0 Å². The lowest BCUT2D eigenvalue weighted by atomic mass is 9.80. The molecule has 0 saturated heterocycles. The number of hydrogen-bond acceptors (Lipinski definition) is 3. The van der Waals surface area contributed by atoms with Gasteiger partial charge in [0.05, 0.1) is 12.2 Å². The van der Waals surface area contributed by atoms with Crippen molar-refractivity contribution in [2.75, 3.05) is 20.3 Å². The van der Waals surface area contributed by atoms with Crippen molar-refractivity contribution >= 4 is 0 Å². The lowest BCUT2D eigenvalue weighted by Crippen LogP contribution is -2.47. The fraction of sp³-hybridized carbons (Fsp3) is 0.600. The molecule has 0 aromatic heterocycles. The summed E-state index contributed by atoms with van der Waals surface area (Å²) in [5.74, 6) is 0.946. The Hall–Kier alpha value is -1.06. The second-order valence-corrected chi connectivity index (χ2v) is 4.92. The van der Waals surface area contributed by atoms with Crippen LogP contribution in [0.4, 0.5) is 0 Å². The van der Waals surface area contributed by atoms with Crippen molar-refractivity contribution < 1.29 is 9.47 Å². The van der Waals surface area contributed by atoms with Crippen molar-refractivity contribution in [2.45, 2.75) is 38.3 Å². The monoisotopic (exact) mass is 249 g/mol. The minimum atomic E-state index is 0.0948. The zero-order chi connectivity index (χ0) is 12.8. The van der Waals surface area contributed by atoms with Crippen LogP contribution < -0.4 is 10.1 Å². The third kappa shape index (κ3) is 3.24. The summed E-state index contributed by atoms with van der Waals surface area (Å²) in [5, 5.41) is 3.48. The first-order valence-electron chi connectivity index (χ1n) is 6.75. The van der Waals surface area contributed by atoms with Crippen LogP contribution in [0.1, 0.15) is 31.7 Å². The van der Waals surface area contributed by atoms with Crippen molar-refractivity contribution in [3.8, 4) is 5.75 Å². The van der Waals surface area contributed by atoms with Crippen LogP contribution in [0.25, 0.3) is 0 Å². The molecule has 0 spiro atoms. The molecular formula is C15H23NO2. The van der Waals surface area contributed by atoms with E-state index in [1.165, 1.54) is 24.8 Å². The summed E-state index contributed by atoms with van der Waals surface area (Å²) in [5.41, 5.74) is 1.35. The molecule has 1 aliphatic rings. The maximum atomic E-state index is 5.59. The quantitative estimate of drug-likeness (QED) is 0.806. The molecule has 0 heterocycles. The van der Waals surface area contributed by atoms with Crippen LogP contribution in [0.3, 0.4) is 0 Å². The number of hydrogen-bond donors (Lipinski definition) is 1. The van der Waals surface area contributed by atoms with Crippen molar-refractivity contribution in [2.24, 2.45) is 0 Å². The number of benzene rings is 1. The summed E-state index contributed by atoms with van der Waals surface area (Å²) in [4.78, 5) is 0. The van der Waals surface area contributed by atoms with Crippen molar-refractivity contribution in [3.05, 3.63) is 29.8 Å². The molecule has 1 fully saturated rings. The van der Waals surface area contributed by atoms with Gasteiger partial charge >= 0.3 is 0 Å². The average Bonchev–Trinajstić information content (AvgIpc) is 2.34. The van der Waals surface area contributed by atoms with E-state index in [1.54, 1.807) is 0 Å². The summed E-state index contributed by atoms with van der Waals surface area (Å²) in [7, 11) is 1.82. The lowest BCUT2D eigenvalue weighted by molar-refractivity contribution is -0.0695. The average molecular weight is 249 g/mol. The molecule has 0 radical (unpaired) electrons. The van der Waals surface area contributed by atoms with Crippen molar-refractivity contribution in [3.63, 3.8) is 0 Å². The molecule has 0 unspecified atom stereocenters. The molecule has 1 aromatic rings. The summed E-state index contributed by atoms with van der Waals surface area (Å²) in [6.07, 6.45) is 3.64. The normalized spacial score (nSPS) is 17.2. The van der Waals surface area contributed by atoms with E-state index in [4.69, 9.17) is 9.47 Å². The van der Waals surface area contributed by atoms with Crippen LogP contribution in [0.5, 0.6) is 5.75 Å².